The Morgan fingerprint density at radius 2 is 1.84 bits per heavy atom. The SMILES string of the molecule is O=C(NC1CCCCC1)c1cccnc1N1CCc2ccccc2C1. The highest BCUT2D eigenvalue weighted by Gasteiger charge is 2.24. The van der Waals surface area contributed by atoms with Crippen LogP contribution in [0, 0.1) is 0 Å². The molecule has 0 spiro atoms. The molecule has 0 unspecified atom stereocenters. The highest BCUT2D eigenvalue weighted by atomic mass is 16.1. The minimum atomic E-state index is 0.0221. The van der Waals surface area contributed by atoms with Crippen molar-refractivity contribution in [3.63, 3.8) is 0 Å². The van der Waals surface area contributed by atoms with Crippen molar-refractivity contribution in [2.45, 2.75) is 51.1 Å². The summed E-state index contributed by atoms with van der Waals surface area (Å²) in [5.74, 6) is 0.833. The molecule has 0 atom stereocenters. The lowest BCUT2D eigenvalue weighted by Crippen LogP contribution is -2.38. The summed E-state index contributed by atoms with van der Waals surface area (Å²) in [6.45, 7) is 1.72. The lowest BCUT2D eigenvalue weighted by molar-refractivity contribution is 0.0928. The largest absolute Gasteiger partial charge is 0.351 e. The van der Waals surface area contributed by atoms with Crippen molar-refractivity contribution in [3.8, 4) is 0 Å². The van der Waals surface area contributed by atoms with E-state index in [0.29, 0.717) is 11.6 Å². The van der Waals surface area contributed by atoms with Gasteiger partial charge in [-0.3, -0.25) is 4.79 Å². The van der Waals surface area contributed by atoms with E-state index < -0.39 is 0 Å². The number of pyridine rings is 1. The van der Waals surface area contributed by atoms with Gasteiger partial charge in [0.15, 0.2) is 0 Å². The summed E-state index contributed by atoms with van der Waals surface area (Å²) in [6, 6.07) is 12.6. The van der Waals surface area contributed by atoms with Crippen LogP contribution in [0.4, 0.5) is 5.82 Å². The van der Waals surface area contributed by atoms with Crippen LogP contribution in [-0.2, 0) is 13.0 Å². The van der Waals surface area contributed by atoms with E-state index in [2.05, 4.69) is 39.5 Å². The zero-order chi connectivity index (χ0) is 17.1. The zero-order valence-corrected chi connectivity index (χ0v) is 14.6. The van der Waals surface area contributed by atoms with Crippen LogP contribution < -0.4 is 10.2 Å². The second-order valence-electron chi connectivity index (χ2n) is 7.12. The molecule has 0 saturated heterocycles. The molecule has 2 heterocycles. The molecule has 1 fully saturated rings. The van der Waals surface area contributed by atoms with E-state index in [0.717, 1.165) is 38.2 Å². The molecule has 1 aliphatic carbocycles. The van der Waals surface area contributed by atoms with Crippen LogP contribution in [0.3, 0.4) is 0 Å². The Labute approximate surface area is 149 Å². The first-order valence-electron chi connectivity index (χ1n) is 9.39. The first-order chi connectivity index (χ1) is 12.3. The Morgan fingerprint density at radius 3 is 2.68 bits per heavy atom. The van der Waals surface area contributed by atoms with E-state index in [1.807, 2.05) is 12.1 Å². The molecule has 0 bridgehead atoms. The summed E-state index contributed by atoms with van der Waals surface area (Å²) in [6.07, 6.45) is 8.69. The molecule has 2 aromatic rings. The van der Waals surface area contributed by atoms with Gasteiger partial charge in [0.1, 0.15) is 5.82 Å². The van der Waals surface area contributed by atoms with E-state index >= 15 is 0 Å². The highest BCUT2D eigenvalue weighted by molar-refractivity contribution is 5.99. The molecule has 2 aliphatic rings. The predicted octanol–water partition coefficient (Wildman–Crippen LogP) is 3.71. The lowest BCUT2D eigenvalue weighted by Gasteiger charge is -2.31. The number of aromatic nitrogens is 1. The second-order valence-corrected chi connectivity index (χ2v) is 7.12. The molecule has 1 N–H and O–H groups in total. The summed E-state index contributed by atoms with van der Waals surface area (Å²) in [5, 5.41) is 3.23. The summed E-state index contributed by atoms with van der Waals surface area (Å²) >= 11 is 0. The molecule has 4 nitrogen and oxygen atoms in total. The van der Waals surface area contributed by atoms with Crippen LogP contribution in [-0.4, -0.2) is 23.5 Å². The number of anilines is 1. The van der Waals surface area contributed by atoms with Gasteiger partial charge in [-0.05, 0) is 42.5 Å². The number of hydrogen-bond donors (Lipinski definition) is 1. The van der Waals surface area contributed by atoms with Gasteiger partial charge >= 0.3 is 0 Å². The average Bonchev–Trinajstić information content (AvgIpc) is 2.68. The fraction of sp³-hybridized carbons (Fsp3) is 0.429. The number of nitrogens with one attached hydrogen (secondary N) is 1. The van der Waals surface area contributed by atoms with E-state index in [4.69, 9.17) is 0 Å². The van der Waals surface area contributed by atoms with Crippen LogP contribution in [0.25, 0.3) is 0 Å². The first-order valence-corrected chi connectivity index (χ1v) is 9.39. The number of hydrogen-bond acceptors (Lipinski definition) is 3. The van der Waals surface area contributed by atoms with Crippen LogP contribution in [0.15, 0.2) is 42.6 Å². The summed E-state index contributed by atoms with van der Waals surface area (Å²) in [5.41, 5.74) is 3.44. The van der Waals surface area contributed by atoms with Gasteiger partial charge in [0.2, 0.25) is 0 Å². The Bertz CT molecular complexity index is 752. The van der Waals surface area contributed by atoms with Gasteiger partial charge in [-0.2, -0.15) is 0 Å². The predicted molar refractivity (Wildman–Crippen MR) is 99.8 cm³/mol. The fourth-order valence-corrected chi connectivity index (χ4v) is 4.01. The Hall–Kier alpha value is -2.36. The lowest BCUT2D eigenvalue weighted by atomic mass is 9.95. The Balaban J connectivity index is 1.54. The van der Waals surface area contributed by atoms with Crippen molar-refractivity contribution in [2.24, 2.45) is 0 Å². The highest BCUT2D eigenvalue weighted by Crippen LogP contribution is 2.26. The molecule has 0 radical (unpaired) electrons. The van der Waals surface area contributed by atoms with Crippen molar-refractivity contribution in [2.75, 3.05) is 11.4 Å². The number of carbonyl (C=O) groups is 1. The van der Waals surface area contributed by atoms with Gasteiger partial charge in [-0.15, -0.1) is 0 Å². The molecule has 4 rings (SSSR count). The number of carbonyl (C=O) groups excluding carboxylic acids is 1. The first kappa shape index (κ1) is 16.1. The Morgan fingerprint density at radius 1 is 1.04 bits per heavy atom. The molecule has 130 valence electrons. The molecule has 1 amide bonds. The van der Waals surface area contributed by atoms with Gasteiger partial charge < -0.3 is 10.2 Å². The van der Waals surface area contributed by atoms with Crippen molar-refractivity contribution in [1.29, 1.82) is 0 Å². The van der Waals surface area contributed by atoms with Gasteiger partial charge in [0.25, 0.3) is 5.91 Å². The fourth-order valence-electron chi connectivity index (χ4n) is 4.01. The molecule has 1 saturated carbocycles. The second kappa shape index (κ2) is 7.26. The maximum Gasteiger partial charge on any atom is 0.255 e. The average molecular weight is 335 g/mol. The molecule has 1 aliphatic heterocycles. The molecule has 1 aromatic heterocycles. The number of rotatable bonds is 3. The van der Waals surface area contributed by atoms with Crippen molar-refractivity contribution in [3.05, 3.63) is 59.3 Å². The van der Waals surface area contributed by atoms with Crippen LogP contribution in [0.1, 0.15) is 53.6 Å². The van der Waals surface area contributed by atoms with Gasteiger partial charge in [0.05, 0.1) is 5.56 Å². The van der Waals surface area contributed by atoms with E-state index in [1.54, 1.807) is 6.20 Å². The van der Waals surface area contributed by atoms with Crippen LogP contribution in [0.2, 0.25) is 0 Å². The normalized spacial score (nSPS) is 17.8. The van der Waals surface area contributed by atoms with Crippen molar-refractivity contribution < 1.29 is 4.79 Å². The van der Waals surface area contributed by atoms with Gasteiger partial charge in [0, 0.05) is 25.3 Å². The number of amides is 1. The maximum absolute atomic E-state index is 12.8. The molecule has 25 heavy (non-hydrogen) atoms. The minimum Gasteiger partial charge on any atom is -0.351 e. The van der Waals surface area contributed by atoms with E-state index in [9.17, 15) is 4.79 Å². The van der Waals surface area contributed by atoms with Crippen molar-refractivity contribution >= 4 is 11.7 Å². The van der Waals surface area contributed by atoms with Crippen molar-refractivity contribution in [1.82, 2.24) is 10.3 Å². The van der Waals surface area contributed by atoms with Crippen LogP contribution in [0.5, 0.6) is 0 Å². The maximum atomic E-state index is 12.8. The van der Waals surface area contributed by atoms with E-state index in [1.165, 1.54) is 30.4 Å². The number of nitrogens with zero attached hydrogens (tertiary/aromatic N) is 2. The topological polar surface area (TPSA) is 45.2 Å². The quantitative estimate of drug-likeness (QED) is 0.930. The monoisotopic (exact) mass is 335 g/mol. The Kier molecular flexibility index (Phi) is 4.68. The van der Waals surface area contributed by atoms with Crippen LogP contribution >= 0.6 is 0 Å². The molecule has 1 aromatic carbocycles. The smallest absolute Gasteiger partial charge is 0.255 e. The molecular weight excluding hydrogens is 310 g/mol. The third-order valence-electron chi connectivity index (χ3n) is 5.40. The summed E-state index contributed by atoms with van der Waals surface area (Å²) < 4.78 is 0. The van der Waals surface area contributed by atoms with E-state index in [-0.39, 0.29) is 5.91 Å². The third kappa shape index (κ3) is 3.53. The summed E-state index contributed by atoms with van der Waals surface area (Å²) in [4.78, 5) is 19.6. The molecular formula is C21H25N3O. The number of fused-ring (bicyclic) bond motifs is 1. The van der Waals surface area contributed by atoms with Gasteiger partial charge in [-0.1, -0.05) is 43.5 Å². The standard InChI is InChI=1S/C21H25N3O/c25-21(23-18-9-2-1-3-10-18)19-11-6-13-22-20(19)24-14-12-16-7-4-5-8-17(16)15-24/h4-8,11,13,18H,1-3,9-10,12,14-15H2,(H,23,25). The zero-order valence-electron chi connectivity index (χ0n) is 14.6. The molecule has 4 heteroatoms. The third-order valence-corrected chi connectivity index (χ3v) is 5.40. The van der Waals surface area contributed by atoms with Gasteiger partial charge in [-0.25, -0.2) is 4.98 Å². The number of benzene rings is 1. The summed E-state index contributed by atoms with van der Waals surface area (Å²) in [7, 11) is 0. The minimum absolute atomic E-state index is 0.0221.